The van der Waals surface area contributed by atoms with Gasteiger partial charge >= 0.3 is 0 Å². The number of hydrogen-bond donors (Lipinski definition) is 1. The molecule has 2 aromatic rings. The highest BCUT2D eigenvalue weighted by molar-refractivity contribution is 7.98. The molecule has 0 aliphatic heterocycles. The van der Waals surface area contributed by atoms with E-state index in [1.165, 1.54) is 0 Å². The van der Waals surface area contributed by atoms with Crippen molar-refractivity contribution >= 4 is 11.8 Å². The second-order valence-electron chi connectivity index (χ2n) is 3.70. The van der Waals surface area contributed by atoms with Crippen LogP contribution in [0.25, 0.3) is 0 Å². The fourth-order valence-corrected chi connectivity index (χ4v) is 2.17. The third-order valence-corrected chi connectivity index (χ3v) is 3.36. The summed E-state index contributed by atoms with van der Waals surface area (Å²) >= 11 is 1.69. The van der Waals surface area contributed by atoms with Crippen LogP contribution in [0.3, 0.4) is 0 Å². The van der Waals surface area contributed by atoms with Crippen molar-refractivity contribution in [2.24, 2.45) is 0 Å². The maximum atomic E-state index is 9.40. The lowest BCUT2D eigenvalue weighted by Gasteiger charge is -2.05. The molecule has 0 spiro atoms. The second kappa shape index (κ2) is 5.80. The summed E-state index contributed by atoms with van der Waals surface area (Å²) in [6, 6.07) is 9.72. The van der Waals surface area contributed by atoms with Gasteiger partial charge in [0.15, 0.2) is 0 Å². The Morgan fingerprint density at radius 1 is 1.18 bits per heavy atom. The van der Waals surface area contributed by atoms with E-state index < -0.39 is 6.10 Å². The molecule has 2 rings (SSSR count). The van der Waals surface area contributed by atoms with E-state index in [-0.39, 0.29) is 0 Å². The summed E-state index contributed by atoms with van der Waals surface area (Å²) in [4.78, 5) is 9.49. The zero-order chi connectivity index (χ0) is 12.1. The topological polar surface area (TPSA) is 46.0 Å². The molecule has 1 N–H and O–H groups in total. The Morgan fingerprint density at radius 3 is 2.41 bits per heavy atom. The molecule has 0 bridgehead atoms. The van der Waals surface area contributed by atoms with E-state index in [0.717, 1.165) is 22.0 Å². The summed E-state index contributed by atoms with van der Waals surface area (Å²) in [7, 11) is 0. The van der Waals surface area contributed by atoms with Gasteiger partial charge in [0.2, 0.25) is 0 Å². The highest BCUT2D eigenvalue weighted by Crippen LogP contribution is 2.23. The molecule has 0 aliphatic carbocycles. The van der Waals surface area contributed by atoms with Gasteiger partial charge in [0.05, 0.1) is 11.9 Å². The molecule has 1 aromatic heterocycles. The second-order valence-corrected chi connectivity index (χ2v) is 4.75. The number of hydrogen-bond acceptors (Lipinski definition) is 4. The number of aromatic nitrogens is 2. The highest BCUT2D eigenvalue weighted by atomic mass is 32.2. The molecule has 3 nitrogen and oxygen atoms in total. The van der Waals surface area contributed by atoms with Gasteiger partial charge in [-0.1, -0.05) is 12.1 Å². The van der Waals surface area contributed by atoms with Crippen molar-refractivity contribution in [3.63, 3.8) is 0 Å². The fraction of sp³-hybridized carbons (Fsp3) is 0.231. The van der Waals surface area contributed by atoms with Crippen LogP contribution >= 0.6 is 11.8 Å². The largest absolute Gasteiger partial charge is 0.389 e. The van der Waals surface area contributed by atoms with Gasteiger partial charge in [0.25, 0.3) is 0 Å². The Kier molecular flexibility index (Phi) is 4.12. The third kappa shape index (κ3) is 3.54. The van der Waals surface area contributed by atoms with Gasteiger partial charge in [-0.3, -0.25) is 0 Å². The summed E-state index contributed by atoms with van der Waals surface area (Å²) in [6.07, 6.45) is 3.09. The van der Waals surface area contributed by atoms with E-state index in [0.29, 0.717) is 0 Å². The van der Waals surface area contributed by atoms with Gasteiger partial charge in [-0.25, -0.2) is 9.97 Å². The summed E-state index contributed by atoms with van der Waals surface area (Å²) < 4.78 is 0. The van der Waals surface area contributed by atoms with Crippen molar-refractivity contribution in [1.82, 2.24) is 9.97 Å². The van der Waals surface area contributed by atoms with E-state index >= 15 is 0 Å². The Bertz CT molecular complexity index is 457. The van der Waals surface area contributed by atoms with Crippen LogP contribution in [0.2, 0.25) is 0 Å². The van der Waals surface area contributed by atoms with Crippen LogP contribution in [0, 0.1) is 0 Å². The lowest BCUT2D eigenvalue weighted by molar-refractivity contribution is 0.199. The van der Waals surface area contributed by atoms with Crippen LogP contribution < -0.4 is 0 Å². The van der Waals surface area contributed by atoms with Crippen molar-refractivity contribution in [2.45, 2.75) is 23.7 Å². The molecule has 17 heavy (non-hydrogen) atoms. The molecule has 88 valence electrons. The zero-order valence-electron chi connectivity index (χ0n) is 9.58. The van der Waals surface area contributed by atoms with Gasteiger partial charge in [0, 0.05) is 17.3 Å². The Hall–Kier alpha value is -1.39. The Labute approximate surface area is 105 Å². The summed E-state index contributed by atoms with van der Waals surface area (Å²) in [6.45, 7) is 1.76. The Morgan fingerprint density at radius 2 is 1.82 bits per heavy atom. The van der Waals surface area contributed by atoms with Crippen LogP contribution in [0.4, 0.5) is 0 Å². The van der Waals surface area contributed by atoms with Crippen molar-refractivity contribution in [3.05, 3.63) is 54.1 Å². The first-order chi connectivity index (χ1) is 8.25. The molecule has 1 aromatic carbocycles. The van der Waals surface area contributed by atoms with Gasteiger partial charge < -0.3 is 5.11 Å². The molecule has 1 atom stereocenters. The number of rotatable bonds is 4. The molecule has 0 radical (unpaired) electrons. The molecule has 0 fully saturated rings. The molecule has 1 unspecified atom stereocenters. The SMILES string of the molecule is CC(O)c1ccc(SCc2ncccn2)cc1. The smallest absolute Gasteiger partial charge is 0.138 e. The van der Waals surface area contributed by atoms with Crippen molar-refractivity contribution in [2.75, 3.05) is 0 Å². The molecule has 4 heteroatoms. The minimum atomic E-state index is -0.411. The Balaban J connectivity index is 1.96. The predicted octanol–water partition coefficient (Wildman–Crippen LogP) is 2.82. The maximum Gasteiger partial charge on any atom is 0.138 e. The first-order valence-electron chi connectivity index (χ1n) is 5.42. The van der Waals surface area contributed by atoms with Crippen molar-refractivity contribution in [3.8, 4) is 0 Å². The van der Waals surface area contributed by atoms with E-state index in [1.807, 2.05) is 30.3 Å². The van der Waals surface area contributed by atoms with Gasteiger partial charge in [-0.15, -0.1) is 11.8 Å². The van der Waals surface area contributed by atoms with E-state index in [9.17, 15) is 5.11 Å². The van der Waals surface area contributed by atoms with Crippen LogP contribution in [0.5, 0.6) is 0 Å². The predicted molar refractivity (Wildman–Crippen MR) is 68.7 cm³/mol. The maximum absolute atomic E-state index is 9.40. The van der Waals surface area contributed by atoms with E-state index in [4.69, 9.17) is 0 Å². The summed E-state index contributed by atoms with van der Waals surface area (Å²) in [5.74, 6) is 1.59. The lowest BCUT2D eigenvalue weighted by atomic mass is 10.1. The summed E-state index contributed by atoms with van der Waals surface area (Å²) in [5, 5.41) is 9.40. The normalized spacial score (nSPS) is 12.4. The number of nitrogens with zero attached hydrogens (tertiary/aromatic N) is 2. The lowest BCUT2D eigenvalue weighted by Crippen LogP contribution is -1.91. The summed E-state index contributed by atoms with van der Waals surface area (Å²) in [5.41, 5.74) is 0.935. The van der Waals surface area contributed by atoms with Crippen molar-refractivity contribution < 1.29 is 5.11 Å². The number of thioether (sulfide) groups is 1. The van der Waals surface area contributed by atoms with Crippen LogP contribution in [-0.4, -0.2) is 15.1 Å². The zero-order valence-corrected chi connectivity index (χ0v) is 10.4. The number of aliphatic hydroxyl groups excluding tert-OH is 1. The standard InChI is InChI=1S/C13H14N2OS/c1-10(16)11-3-5-12(6-4-11)17-9-13-14-7-2-8-15-13/h2-8,10,16H,9H2,1H3. The molecule has 0 saturated carbocycles. The first-order valence-corrected chi connectivity index (χ1v) is 6.41. The van der Waals surface area contributed by atoms with Crippen LogP contribution in [-0.2, 0) is 5.75 Å². The molecule has 0 aliphatic rings. The average molecular weight is 246 g/mol. The highest BCUT2D eigenvalue weighted by Gasteiger charge is 2.01. The molecule has 1 heterocycles. The minimum absolute atomic E-state index is 0.411. The van der Waals surface area contributed by atoms with E-state index in [2.05, 4.69) is 9.97 Å². The monoisotopic (exact) mass is 246 g/mol. The van der Waals surface area contributed by atoms with E-state index in [1.54, 1.807) is 31.1 Å². The molecular formula is C13H14N2OS. The van der Waals surface area contributed by atoms with Gasteiger partial charge in [-0.05, 0) is 30.7 Å². The molecule has 0 saturated heterocycles. The van der Waals surface area contributed by atoms with Crippen molar-refractivity contribution in [1.29, 1.82) is 0 Å². The average Bonchev–Trinajstić information content (AvgIpc) is 2.38. The minimum Gasteiger partial charge on any atom is -0.389 e. The quantitative estimate of drug-likeness (QED) is 0.843. The van der Waals surface area contributed by atoms with Gasteiger partial charge in [0.1, 0.15) is 5.82 Å². The number of benzene rings is 1. The molecular weight excluding hydrogens is 232 g/mol. The van der Waals surface area contributed by atoms with Crippen LogP contribution in [0.1, 0.15) is 24.4 Å². The van der Waals surface area contributed by atoms with Crippen LogP contribution in [0.15, 0.2) is 47.6 Å². The fourth-order valence-electron chi connectivity index (χ4n) is 1.39. The first kappa shape index (κ1) is 12.1. The number of aliphatic hydroxyl groups is 1. The molecule has 0 amide bonds. The van der Waals surface area contributed by atoms with Gasteiger partial charge in [-0.2, -0.15) is 0 Å². The third-order valence-electron chi connectivity index (χ3n) is 2.35.